The zero-order valence-electron chi connectivity index (χ0n) is 6.53. The third-order valence-corrected chi connectivity index (χ3v) is 0.979. The van der Waals surface area contributed by atoms with E-state index in [-0.39, 0.29) is 12.9 Å². The van der Waals surface area contributed by atoms with E-state index < -0.39 is 0 Å². The summed E-state index contributed by atoms with van der Waals surface area (Å²) in [4.78, 5) is 3.80. The maximum atomic E-state index is 4.90. The van der Waals surface area contributed by atoms with Crippen LogP contribution in [0.25, 0.3) is 0 Å². The van der Waals surface area contributed by atoms with Crippen molar-refractivity contribution < 1.29 is 14.0 Å². The normalized spacial score (nSPS) is 10.0. The van der Waals surface area contributed by atoms with Crippen LogP contribution in [0.15, 0.2) is 4.52 Å². The van der Waals surface area contributed by atoms with Crippen LogP contribution >= 0.6 is 0 Å². The largest absolute Gasteiger partial charge is 0.422 e. The second-order valence-electron chi connectivity index (χ2n) is 1.86. The smallest absolute Gasteiger partial charge is 0.419 e. The highest BCUT2D eigenvalue weighted by molar-refractivity contribution is 4.86. The standard InChI is InChI=1S/C6H10N2O3/c1-3-9-4-10-6-7-5(2)8-11-6/h3-4H2,1-2H3. The SMILES string of the molecule is CCOCOc1nc(C)no1. The first kappa shape index (κ1) is 8.00. The van der Waals surface area contributed by atoms with Gasteiger partial charge < -0.3 is 9.47 Å². The molecule has 0 aliphatic rings. The second-order valence-corrected chi connectivity index (χ2v) is 1.86. The molecule has 0 saturated carbocycles. The van der Waals surface area contributed by atoms with E-state index in [0.29, 0.717) is 12.4 Å². The van der Waals surface area contributed by atoms with Crippen molar-refractivity contribution >= 4 is 0 Å². The molecular weight excluding hydrogens is 148 g/mol. The van der Waals surface area contributed by atoms with Crippen molar-refractivity contribution in [1.29, 1.82) is 0 Å². The number of rotatable bonds is 4. The minimum atomic E-state index is 0.149. The van der Waals surface area contributed by atoms with Gasteiger partial charge in [-0.3, -0.25) is 4.52 Å². The van der Waals surface area contributed by atoms with Crippen LogP contribution in [0, 0.1) is 6.92 Å². The molecule has 1 aromatic heterocycles. The van der Waals surface area contributed by atoms with Crippen molar-refractivity contribution in [2.24, 2.45) is 0 Å². The topological polar surface area (TPSA) is 57.4 Å². The molecule has 0 aliphatic carbocycles. The zero-order chi connectivity index (χ0) is 8.10. The summed E-state index contributed by atoms with van der Waals surface area (Å²) in [5, 5.41) is 3.53. The predicted molar refractivity (Wildman–Crippen MR) is 36.2 cm³/mol. The molecule has 5 nitrogen and oxygen atoms in total. The van der Waals surface area contributed by atoms with E-state index in [9.17, 15) is 0 Å². The second kappa shape index (κ2) is 3.92. The van der Waals surface area contributed by atoms with Gasteiger partial charge in [0, 0.05) is 6.61 Å². The number of aryl methyl sites for hydroxylation is 1. The molecule has 62 valence electrons. The molecular formula is C6H10N2O3. The Morgan fingerprint density at radius 3 is 2.91 bits per heavy atom. The Kier molecular flexibility index (Phi) is 2.85. The van der Waals surface area contributed by atoms with Crippen molar-refractivity contribution in [3.05, 3.63) is 5.82 Å². The maximum absolute atomic E-state index is 4.90. The summed E-state index contributed by atoms with van der Waals surface area (Å²) in [5.74, 6) is 0.552. The fraction of sp³-hybridized carbons (Fsp3) is 0.667. The van der Waals surface area contributed by atoms with E-state index in [1.807, 2.05) is 6.92 Å². The summed E-state index contributed by atoms with van der Waals surface area (Å²) in [6.45, 7) is 4.35. The van der Waals surface area contributed by atoms with E-state index in [2.05, 4.69) is 14.7 Å². The van der Waals surface area contributed by atoms with E-state index >= 15 is 0 Å². The van der Waals surface area contributed by atoms with Gasteiger partial charge in [-0.05, 0) is 13.8 Å². The molecule has 11 heavy (non-hydrogen) atoms. The van der Waals surface area contributed by atoms with E-state index in [4.69, 9.17) is 9.47 Å². The Labute approximate surface area is 64.3 Å². The van der Waals surface area contributed by atoms with Crippen LogP contribution in [0.5, 0.6) is 6.08 Å². The van der Waals surface area contributed by atoms with Gasteiger partial charge in [-0.25, -0.2) is 0 Å². The van der Waals surface area contributed by atoms with Crippen LogP contribution in [0.2, 0.25) is 0 Å². The molecule has 0 fully saturated rings. The fourth-order valence-corrected chi connectivity index (χ4v) is 0.512. The van der Waals surface area contributed by atoms with Crippen molar-refractivity contribution in [3.8, 4) is 6.08 Å². The number of hydrogen-bond donors (Lipinski definition) is 0. The summed E-state index contributed by atoms with van der Waals surface area (Å²) < 4.78 is 14.4. The maximum Gasteiger partial charge on any atom is 0.419 e. The van der Waals surface area contributed by atoms with Crippen LogP contribution in [0.4, 0.5) is 0 Å². The molecule has 0 amide bonds. The van der Waals surface area contributed by atoms with Gasteiger partial charge in [0.15, 0.2) is 12.6 Å². The molecule has 0 radical (unpaired) electrons. The van der Waals surface area contributed by atoms with Crippen molar-refractivity contribution in [2.75, 3.05) is 13.4 Å². The number of nitrogens with zero attached hydrogens (tertiary/aromatic N) is 2. The van der Waals surface area contributed by atoms with Crippen molar-refractivity contribution in [1.82, 2.24) is 10.1 Å². The van der Waals surface area contributed by atoms with E-state index in [1.54, 1.807) is 6.92 Å². The molecule has 1 heterocycles. The molecule has 0 unspecified atom stereocenters. The average molecular weight is 158 g/mol. The minimum Gasteiger partial charge on any atom is -0.422 e. The molecule has 0 N–H and O–H groups in total. The van der Waals surface area contributed by atoms with Gasteiger partial charge in [0.05, 0.1) is 0 Å². The lowest BCUT2D eigenvalue weighted by molar-refractivity contribution is 0.00175. The number of ether oxygens (including phenoxy) is 2. The Bertz CT molecular complexity index is 211. The van der Waals surface area contributed by atoms with E-state index in [0.717, 1.165) is 0 Å². The molecule has 0 aromatic carbocycles. The highest BCUT2D eigenvalue weighted by Crippen LogP contribution is 2.04. The molecule has 0 spiro atoms. The highest BCUT2D eigenvalue weighted by atomic mass is 16.7. The average Bonchev–Trinajstić information content (AvgIpc) is 2.37. The molecule has 0 atom stereocenters. The van der Waals surface area contributed by atoms with Gasteiger partial charge in [-0.15, -0.1) is 0 Å². The third kappa shape index (κ3) is 2.55. The Hall–Kier alpha value is -1.10. The molecule has 0 bridgehead atoms. The monoisotopic (exact) mass is 158 g/mol. The molecule has 0 aliphatic heterocycles. The Morgan fingerprint density at radius 2 is 2.36 bits per heavy atom. The van der Waals surface area contributed by atoms with Gasteiger partial charge >= 0.3 is 6.08 Å². The summed E-state index contributed by atoms with van der Waals surface area (Å²) in [6.07, 6.45) is 0.149. The highest BCUT2D eigenvalue weighted by Gasteiger charge is 2.01. The van der Waals surface area contributed by atoms with Gasteiger partial charge in [0.2, 0.25) is 0 Å². The summed E-state index contributed by atoms with van der Waals surface area (Å²) in [7, 11) is 0. The summed E-state index contributed by atoms with van der Waals surface area (Å²) in [5.41, 5.74) is 0. The lowest BCUT2D eigenvalue weighted by Crippen LogP contribution is -2.01. The van der Waals surface area contributed by atoms with Gasteiger partial charge in [0.1, 0.15) is 0 Å². The summed E-state index contributed by atoms with van der Waals surface area (Å²) in [6, 6.07) is 0. The quantitative estimate of drug-likeness (QED) is 0.478. The lowest BCUT2D eigenvalue weighted by atomic mass is 10.8. The number of aromatic nitrogens is 2. The minimum absolute atomic E-state index is 0.149. The van der Waals surface area contributed by atoms with Crippen molar-refractivity contribution in [2.45, 2.75) is 13.8 Å². The molecule has 5 heteroatoms. The van der Waals surface area contributed by atoms with Gasteiger partial charge in [-0.2, -0.15) is 4.98 Å². The lowest BCUT2D eigenvalue weighted by Gasteiger charge is -1.97. The van der Waals surface area contributed by atoms with Crippen LogP contribution in [0.3, 0.4) is 0 Å². The van der Waals surface area contributed by atoms with Crippen LogP contribution < -0.4 is 4.74 Å². The first-order valence-electron chi connectivity index (χ1n) is 3.33. The third-order valence-electron chi connectivity index (χ3n) is 0.979. The predicted octanol–water partition coefficient (Wildman–Crippen LogP) is 0.751. The van der Waals surface area contributed by atoms with Crippen LogP contribution in [-0.4, -0.2) is 23.5 Å². The molecule has 0 saturated heterocycles. The first-order chi connectivity index (χ1) is 5.33. The summed E-state index contributed by atoms with van der Waals surface area (Å²) >= 11 is 0. The zero-order valence-corrected chi connectivity index (χ0v) is 6.53. The van der Waals surface area contributed by atoms with Crippen molar-refractivity contribution in [3.63, 3.8) is 0 Å². The van der Waals surface area contributed by atoms with Crippen LogP contribution in [-0.2, 0) is 4.74 Å². The van der Waals surface area contributed by atoms with Crippen LogP contribution in [0.1, 0.15) is 12.7 Å². The Morgan fingerprint density at radius 1 is 1.55 bits per heavy atom. The number of hydrogen-bond acceptors (Lipinski definition) is 5. The van der Waals surface area contributed by atoms with Gasteiger partial charge in [0.25, 0.3) is 0 Å². The molecule has 1 aromatic rings. The Balaban J connectivity index is 2.27. The fourth-order valence-electron chi connectivity index (χ4n) is 0.512. The van der Waals surface area contributed by atoms with E-state index in [1.165, 1.54) is 0 Å². The molecule has 1 rings (SSSR count). The van der Waals surface area contributed by atoms with Gasteiger partial charge in [-0.1, -0.05) is 5.16 Å². The first-order valence-corrected chi connectivity index (χ1v) is 3.33.